The lowest BCUT2D eigenvalue weighted by Crippen LogP contribution is -2.43. The molecule has 3 rings (SSSR count). The molecule has 0 saturated carbocycles. The van der Waals surface area contributed by atoms with Crippen LogP contribution < -0.4 is 5.73 Å². The maximum Gasteiger partial charge on any atom is 0.0843 e. The van der Waals surface area contributed by atoms with Crippen LogP contribution in [-0.4, -0.2) is 33.8 Å². The minimum absolute atomic E-state index is 0.522. The van der Waals surface area contributed by atoms with Gasteiger partial charge in [-0.2, -0.15) is 5.10 Å². The first-order chi connectivity index (χ1) is 9.83. The summed E-state index contributed by atoms with van der Waals surface area (Å²) in [5.41, 5.74) is 8.36. The number of hydrogen-bond acceptors (Lipinski definition) is 3. The summed E-state index contributed by atoms with van der Waals surface area (Å²) < 4.78 is 2.10. The summed E-state index contributed by atoms with van der Waals surface area (Å²) in [6, 6.07) is 9.06. The zero-order valence-electron chi connectivity index (χ0n) is 12.3. The van der Waals surface area contributed by atoms with E-state index in [2.05, 4.69) is 40.8 Å². The van der Waals surface area contributed by atoms with E-state index >= 15 is 0 Å². The molecule has 0 bridgehead atoms. The highest BCUT2D eigenvalue weighted by Crippen LogP contribution is 2.23. The number of aryl methyl sites for hydroxylation is 1. The molecule has 20 heavy (non-hydrogen) atoms. The Hall–Kier alpha value is -1.39. The molecule has 1 atom stereocenters. The summed E-state index contributed by atoms with van der Waals surface area (Å²) in [5.74, 6) is 0. The van der Waals surface area contributed by atoms with Gasteiger partial charge >= 0.3 is 0 Å². The molecule has 2 heterocycles. The molecule has 1 fully saturated rings. The van der Waals surface area contributed by atoms with Crippen LogP contribution >= 0.6 is 0 Å². The Morgan fingerprint density at radius 1 is 1.30 bits per heavy atom. The number of nitrogens with two attached hydrogens (primary N) is 1. The van der Waals surface area contributed by atoms with E-state index in [4.69, 9.17) is 10.8 Å². The van der Waals surface area contributed by atoms with Crippen LogP contribution in [0.25, 0.3) is 10.9 Å². The molecule has 0 unspecified atom stereocenters. The lowest BCUT2D eigenvalue weighted by Gasteiger charge is -2.34. The second kappa shape index (κ2) is 5.94. The van der Waals surface area contributed by atoms with E-state index in [0.29, 0.717) is 6.04 Å². The number of fused-ring (bicyclic) bond motifs is 1. The topological polar surface area (TPSA) is 47.1 Å². The van der Waals surface area contributed by atoms with Crippen LogP contribution in [-0.2, 0) is 13.1 Å². The Balaban J connectivity index is 1.90. The minimum Gasteiger partial charge on any atom is -0.329 e. The second-order valence-corrected chi connectivity index (χ2v) is 5.64. The van der Waals surface area contributed by atoms with Crippen LogP contribution in [0.1, 0.15) is 31.9 Å². The van der Waals surface area contributed by atoms with Crippen molar-refractivity contribution in [1.29, 1.82) is 0 Å². The van der Waals surface area contributed by atoms with Gasteiger partial charge < -0.3 is 5.73 Å². The van der Waals surface area contributed by atoms with Gasteiger partial charge in [0.1, 0.15) is 0 Å². The molecule has 0 spiro atoms. The predicted molar refractivity (Wildman–Crippen MR) is 82.5 cm³/mol. The van der Waals surface area contributed by atoms with Crippen LogP contribution in [0.5, 0.6) is 0 Å². The van der Waals surface area contributed by atoms with E-state index < -0.39 is 0 Å². The van der Waals surface area contributed by atoms with Gasteiger partial charge in [0.05, 0.1) is 11.2 Å². The highest BCUT2D eigenvalue weighted by Gasteiger charge is 2.23. The Labute approximate surface area is 120 Å². The first-order valence-electron chi connectivity index (χ1n) is 7.72. The highest BCUT2D eigenvalue weighted by molar-refractivity contribution is 5.81. The van der Waals surface area contributed by atoms with Crippen molar-refractivity contribution in [3.05, 3.63) is 30.0 Å². The smallest absolute Gasteiger partial charge is 0.0843 e. The summed E-state index contributed by atoms with van der Waals surface area (Å²) in [4.78, 5) is 2.51. The molecule has 1 aliphatic heterocycles. The number of para-hydroxylation sites is 1. The van der Waals surface area contributed by atoms with Crippen LogP contribution in [0.2, 0.25) is 0 Å². The van der Waals surface area contributed by atoms with E-state index in [0.717, 1.165) is 26.2 Å². The van der Waals surface area contributed by atoms with Crippen LogP contribution in [0.4, 0.5) is 0 Å². The molecule has 2 N–H and O–H groups in total. The fourth-order valence-corrected chi connectivity index (χ4v) is 3.28. The summed E-state index contributed by atoms with van der Waals surface area (Å²) in [7, 11) is 0. The second-order valence-electron chi connectivity index (χ2n) is 5.64. The average molecular weight is 272 g/mol. The van der Waals surface area contributed by atoms with E-state index in [1.54, 1.807) is 0 Å². The Morgan fingerprint density at radius 2 is 2.15 bits per heavy atom. The lowest BCUT2D eigenvalue weighted by atomic mass is 10.0. The van der Waals surface area contributed by atoms with Crippen molar-refractivity contribution >= 4 is 10.9 Å². The van der Waals surface area contributed by atoms with Crippen molar-refractivity contribution in [3.8, 4) is 0 Å². The molecule has 0 radical (unpaired) electrons. The molecule has 1 aromatic carbocycles. The number of likely N-dealkylation sites (tertiary alicyclic amines) is 1. The maximum atomic E-state index is 5.92. The third-order valence-electron chi connectivity index (χ3n) is 4.41. The molecule has 2 aromatic rings. The summed E-state index contributed by atoms with van der Waals surface area (Å²) in [5, 5.41) is 6.09. The molecule has 108 valence electrons. The van der Waals surface area contributed by atoms with E-state index in [9.17, 15) is 0 Å². The quantitative estimate of drug-likeness (QED) is 0.929. The molecule has 0 amide bonds. The number of rotatable bonds is 4. The zero-order valence-corrected chi connectivity index (χ0v) is 12.3. The number of nitrogens with zero attached hydrogens (tertiary/aromatic N) is 3. The van der Waals surface area contributed by atoms with E-state index in [-0.39, 0.29) is 0 Å². The van der Waals surface area contributed by atoms with Gasteiger partial charge in [-0.15, -0.1) is 0 Å². The molecule has 0 aliphatic carbocycles. The first-order valence-corrected chi connectivity index (χ1v) is 7.72. The third-order valence-corrected chi connectivity index (χ3v) is 4.41. The van der Waals surface area contributed by atoms with Gasteiger partial charge in [0, 0.05) is 31.1 Å². The van der Waals surface area contributed by atoms with Crippen LogP contribution in [0.3, 0.4) is 0 Å². The van der Waals surface area contributed by atoms with Crippen molar-refractivity contribution in [2.45, 2.75) is 45.3 Å². The molecule has 1 aliphatic rings. The van der Waals surface area contributed by atoms with Crippen molar-refractivity contribution in [3.63, 3.8) is 0 Å². The van der Waals surface area contributed by atoms with Crippen molar-refractivity contribution < 1.29 is 0 Å². The van der Waals surface area contributed by atoms with Gasteiger partial charge in [0.15, 0.2) is 0 Å². The van der Waals surface area contributed by atoms with Crippen molar-refractivity contribution in [2.75, 3.05) is 13.1 Å². The first kappa shape index (κ1) is 13.6. The summed E-state index contributed by atoms with van der Waals surface area (Å²) >= 11 is 0. The third kappa shape index (κ3) is 2.45. The van der Waals surface area contributed by atoms with Crippen LogP contribution in [0, 0.1) is 0 Å². The van der Waals surface area contributed by atoms with Gasteiger partial charge in [-0.1, -0.05) is 24.6 Å². The molecular formula is C16H24N4. The van der Waals surface area contributed by atoms with Crippen LogP contribution in [0.15, 0.2) is 24.3 Å². The number of piperidine rings is 1. The molecular weight excluding hydrogens is 248 g/mol. The maximum absolute atomic E-state index is 5.92. The number of benzene rings is 1. The fraction of sp³-hybridized carbons (Fsp3) is 0.562. The Bertz CT molecular complexity index is 575. The number of aromatic nitrogens is 2. The Morgan fingerprint density at radius 3 is 2.95 bits per heavy atom. The minimum atomic E-state index is 0.522. The average Bonchev–Trinajstić information content (AvgIpc) is 2.86. The summed E-state index contributed by atoms with van der Waals surface area (Å²) in [6.07, 6.45) is 3.81. The molecule has 1 saturated heterocycles. The molecule has 4 nitrogen and oxygen atoms in total. The van der Waals surface area contributed by atoms with E-state index in [1.807, 2.05) is 0 Å². The van der Waals surface area contributed by atoms with Gasteiger partial charge in [-0.05, 0) is 32.4 Å². The van der Waals surface area contributed by atoms with E-state index in [1.165, 1.54) is 35.9 Å². The van der Waals surface area contributed by atoms with Gasteiger partial charge in [0.2, 0.25) is 0 Å². The summed E-state index contributed by atoms with van der Waals surface area (Å²) in [6.45, 7) is 5.89. The standard InChI is InChI=1S/C16H24N4/c1-2-20-16-9-4-3-8-14(16)15(18-20)12-19-10-6-5-7-13(19)11-17/h3-4,8-9,13H,2,5-7,10-12,17H2,1H3/t13-/m0/s1. The molecule has 4 heteroatoms. The highest BCUT2D eigenvalue weighted by atomic mass is 15.3. The normalized spacial score (nSPS) is 20.6. The van der Waals surface area contributed by atoms with Crippen molar-refractivity contribution in [1.82, 2.24) is 14.7 Å². The molecule has 1 aromatic heterocycles. The van der Waals surface area contributed by atoms with Gasteiger partial charge in [-0.25, -0.2) is 0 Å². The van der Waals surface area contributed by atoms with Gasteiger partial charge in [0.25, 0.3) is 0 Å². The van der Waals surface area contributed by atoms with Gasteiger partial charge in [-0.3, -0.25) is 9.58 Å². The SMILES string of the molecule is CCn1nc(CN2CCCC[C@H]2CN)c2ccccc21. The largest absolute Gasteiger partial charge is 0.329 e. The zero-order chi connectivity index (χ0) is 13.9. The van der Waals surface area contributed by atoms with Crippen molar-refractivity contribution in [2.24, 2.45) is 5.73 Å². The Kier molecular flexibility index (Phi) is 4.03. The monoisotopic (exact) mass is 272 g/mol. The predicted octanol–water partition coefficient (Wildman–Crippen LogP) is 2.37. The number of hydrogen-bond donors (Lipinski definition) is 1. The lowest BCUT2D eigenvalue weighted by molar-refractivity contribution is 0.143. The fourth-order valence-electron chi connectivity index (χ4n) is 3.28.